The standard InChI is InChI=1S/C23H25Cl2FN4O4S/c1-13(2)28-12-21-29(35(33,34)20-10-16(25)7-8-17(20)26)11-18(27)22(31)30(21)19(23(28)32)9-14-3-5-15(24)6-4-14/h3-8,10,13,18-19,21H,9,11-12,27H2,1-2H3. The van der Waals surface area contributed by atoms with Crippen LogP contribution in [-0.2, 0) is 26.0 Å². The third-order valence-corrected chi connectivity index (χ3v) is 8.68. The second-order valence-corrected chi connectivity index (χ2v) is 11.6. The van der Waals surface area contributed by atoms with Crippen LogP contribution in [0.2, 0.25) is 10.0 Å². The van der Waals surface area contributed by atoms with Gasteiger partial charge in [0.2, 0.25) is 21.8 Å². The lowest BCUT2D eigenvalue weighted by molar-refractivity contribution is -0.167. The Balaban J connectivity index is 1.81. The molecule has 8 nitrogen and oxygen atoms in total. The van der Waals surface area contributed by atoms with Crippen LogP contribution < -0.4 is 5.73 Å². The zero-order valence-electron chi connectivity index (χ0n) is 19.1. The summed E-state index contributed by atoms with van der Waals surface area (Å²) in [6.45, 7) is 3.17. The van der Waals surface area contributed by atoms with Crippen molar-refractivity contribution in [3.05, 3.63) is 63.9 Å². The molecule has 2 aliphatic rings. The minimum Gasteiger partial charge on any atom is -0.335 e. The van der Waals surface area contributed by atoms with Crippen molar-refractivity contribution in [3.63, 3.8) is 0 Å². The molecule has 2 heterocycles. The number of fused-ring (bicyclic) bond motifs is 1. The Morgan fingerprint density at radius 3 is 2.29 bits per heavy atom. The lowest BCUT2D eigenvalue weighted by atomic mass is 9.96. The lowest BCUT2D eigenvalue weighted by Gasteiger charge is -2.53. The van der Waals surface area contributed by atoms with Gasteiger partial charge in [-0.05, 0) is 49.7 Å². The predicted molar refractivity (Wildman–Crippen MR) is 130 cm³/mol. The third kappa shape index (κ3) is 4.77. The van der Waals surface area contributed by atoms with E-state index >= 15 is 0 Å². The molecular formula is C23H25Cl2FN4O4S. The second-order valence-electron chi connectivity index (χ2n) is 8.91. The SMILES string of the molecule is CC(C)N1CC2N(C(=O)C(N)CN2S(=O)(=O)c2cc(Cl)ccc2F)C(Cc2ccc(Cl)cc2)C1=O. The van der Waals surface area contributed by atoms with E-state index in [0.29, 0.717) is 5.02 Å². The number of nitrogens with two attached hydrogens (primary N) is 1. The number of hydrogen-bond donors (Lipinski definition) is 1. The van der Waals surface area contributed by atoms with Crippen molar-refractivity contribution in [3.8, 4) is 0 Å². The van der Waals surface area contributed by atoms with Crippen LogP contribution in [-0.4, -0.2) is 71.7 Å². The second kappa shape index (κ2) is 9.67. The van der Waals surface area contributed by atoms with Crippen LogP contribution in [0.5, 0.6) is 0 Å². The molecule has 0 saturated carbocycles. The average molecular weight is 543 g/mol. The number of halogens is 3. The van der Waals surface area contributed by atoms with E-state index in [2.05, 4.69) is 0 Å². The van der Waals surface area contributed by atoms with Gasteiger partial charge in [-0.1, -0.05) is 35.3 Å². The van der Waals surface area contributed by atoms with Gasteiger partial charge in [-0.25, -0.2) is 12.8 Å². The van der Waals surface area contributed by atoms with Crippen molar-refractivity contribution >= 4 is 45.0 Å². The molecule has 2 N–H and O–H groups in total. The van der Waals surface area contributed by atoms with Crippen LogP contribution in [0.15, 0.2) is 47.4 Å². The van der Waals surface area contributed by atoms with Gasteiger partial charge in [0.15, 0.2) is 0 Å². The summed E-state index contributed by atoms with van der Waals surface area (Å²) in [6.07, 6.45) is -0.934. The number of benzene rings is 2. The van der Waals surface area contributed by atoms with Crippen molar-refractivity contribution in [1.82, 2.24) is 14.1 Å². The number of carbonyl (C=O) groups excluding carboxylic acids is 2. The molecule has 4 rings (SSSR count). The van der Waals surface area contributed by atoms with Crippen LogP contribution in [0.25, 0.3) is 0 Å². The Bertz CT molecular complexity index is 1260. The van der Waals surface area contributed by atoms with Crippen LogP contribution in [0.3, 0.4) is 0 Å². The topological polar surface area (TPSA) is 104 Å². The van der Waals surface area contributed by atoms with E-state index in [4.69, 9.17) is 28.9 Å². The Kier molecular flexibility index (Phi) is 7.14. The molecule has 3 atom stereocenters. The highest BCUT2D eigenvalue weighted by Crippen LogP contribution is 2.33. The summed E-state index contributed by atoms with van der Waals surface area (Å²) < 4.78 is 42.9. The minimum absolute atomic E-state index is 0.0439. The number of nitrogens with zero attached hydrogens (tertiary/aromatic N) is 3. The number of carbonyl (C=O) groups is 2. The summed E-state index contributed by atoms with van der Waals surface area (Å²) in [5.41, 5.74) is 6.81. The van der Waals surface area contributed by atoms with Gasteiger partial charge in [0.05, 0.1) is 12.6 Å². The van der Waals surface area contributed by atoms with E-state index in [1.54, 1.807) is 38.1 Å². The molecule has 0 spiro atoms. The number of piperazine rings is 1. The quantitative estimate of drug-likeness (QED) is 0.624. The fraction of sp³-hybridized carbons (Fsp3) is 0.391. The molecule has 2 aliphatic heterocycles. The molecule has 188 valence electrons. The summed E-state index contributed by atoms with van der Waals surface area (Å²) in [4.78, 5) is 28.9. The molecule has 12 heteroatoms. The number of rotatable bonds is 5. The van der Waals surface area contributed by atoms with Gasteiger partial charge in [0.25, 0.3) is 0 Å². The highest BCUT2D eigenvalue weighted by molar-refractivity contribution is 7.89. The molecule has 2 amide bonds. The number of amides is 2. The van der Waals surface area contributed by atoms with Crippen LogP contribution in [0.4, 0.5) is 4.39 Å². The first-order valence-electron chi connectivity index (χ1n) is 11.0. The summed E-state index contributed by atoms with van der Waals surface area (Å²) in [5.74, 6) is -1.83. The van der Waals surface area contributed by atoms with Gasteiger partial charge in [-0.15, -0.1) is 0 Å². The summed E-state index contributed by atoms with van der Waals surface area (Å²) >= 11 is 11.9. The highest BCUT2D eigenvalue weighted by Gasteiger charge is 2.53. The Hall–Kier alpha value is -2.24. The molecule has 0 bridgehead atoms. The van der Waals surface area contributed by atoms with Crippen LogP contribution in [0.1, 0.15) is 19.4 Å². The van der Waals surface area contributed by atoms with Gasteiger partial charge in [-0.2, -0.15) is 4.31 Å². The highest BCUT2D eigenvalue weighted by atomic mass is 35.5. The number of sulfonamides is 1. The van der Waals surface area contributed by atoms with Crippen molar-refractivity contribution in [2.24, 2.45) is 5.73 Å². The van der Waals surface area contributed by atoms with Gasteiger partial charge in [0, 0.05) is 29.1 Å². The minimum atomic E-state index is -4.47. The fourth-order valence-electron chi connectivity index (χ4n) is 4.54. The van der Waals surface area contributed by atoms with Gasteiger partial charge >= 0.3 is 0 Å². The summed E-state index contributed by atoms with van der Waals surface area (Å²) in [7, 11) is -4.47. The van der Waals surface area contributed by atoms with E-state index in [0.717, 1.165) is 22.0 Å². The van der Waals surface area contributed by atoms with Crippen LogP contribution >= 0.6 is 23.2 Å². The van der Waals surface area contributed by atoms with Crippen LogP contribution in [0, 0.1) is 5.82 Å². The van der Waals surface area contributed by atoms with Crippen molar-refractivity contribution in [2.45, 2.75) is 49.5 Å². The number of hydrogen-bond acceptors (Lipinski definition) is 5. The molecule has 2 saturated heterocycles. The fourth-order valence-corrected chi connectivity index (χ4v) is 6.59. The van der Waals surface area contributed by atoms with E-state index in [1.165, 1.54) is 15.9 Å². The maximum atomic E-state index is 14.6. The maximum absolute atomic E-state index is 14.6. The van der Waals surface area contributed by atoms with Gasteiger partial charge < -0.3 is 15.5 Å². The van der Waals surface area contributed by atoms with Gasteiger partial charge in [-0.3, -0.25) is 9.59 Å². The molecule has 2 aromatic rings. The molecule has 3 unspecified atom stereocenters. The lowest BCUT2D eigenvalue weighted by Crippen LogP contribution is -2.76. The van der Waals surface area contributed by atoms with E-state index in [9.17, 15) is 22.4 Å². The Labute approximate surface area is 213 Å². The normalized spacial score (nSPS) is 23.7. The van der Waals surface area contributed by atoms with E-state index in [-0.39, 0.29) is 36.5 Å². The molecule has 2 aromatic carbocycles. The zero-order chi connectivity index (χ0) is 25.7. The molecule has 0 radical (unpaired) electrons. The van der Waals surface area contributed by atoms with Crippen molar-refractivity contribution in [2.75, 3.05) is 13.1 Å². The first-order valence-corrected chi connectivity index (χ1v) is 13.2. The predicted octanol–water partition coefficient (Wildman–Crippen LogP) is 2.48. The van der Waals surface area contributed by atoms with Crippen molar-refractivity contribution < 1.29 is 22.4 Å². The molecular weight excluding hydrogens is 518 g/mol. The largest absolute Gasteiger partial charge is 0.335 e. The Morgan fingerprint density at radius 2 is 1.66 bits per heavy atom. The van der Waals surface area contributed by atoms with Crippen molar-refractivity contribution in [1.29, 1.82) is 0 Å². The third-order valence-electron chi connectivity index (χ3n) is 6.31. The van der Waals surface area contributed by atoms with Gasteiger partial charge in [0.1, 0.15) is 22.9 Å². The molecule has 0 aliphatic carbocycles. The monoisotopic (exact) mass is 542 g/mol. The molecule has 2 fully saturated rings. The Morgan fingerprint density at radius 1 is 1.03 bits per heavy atom. The average Bonchev–Trinajstić information content (AvgIpc) is 2.80. The summed E-state index contributed by atoms with van der Waals surface area (Å²) in [6, 6.07) is 7.56. The van der Waals surface area contributed by atoms with E-state index < -0.39 is 44.9 Å². The zero-order valence-corrected chi connectivity index (χ0v) is 21.4. The smallest absolute Gasteiger partial charge is 0.247 e. The van der Waals surface area contributed by atoms with E-state index in [1.807, 2.05) is 0 Å². The molecule has 0 aromatic heterocycles. The molecule has 35 heavy (non-hydrogen) atoms. The first kappa shape index (κ1) is 25.8. The summed E-state index contributed by atoms with van der Waals surface area (Å²) in [5, 5.41) is 0.560. The first-order chi connectivity index (χ1) is 16.4. The maximum Gasteiger partial charge on any atom is 0.247 e.